The van der Waals surface area contributed by atoms with Crippen molar-refractivity contribution in [2.45, 2.75) is 53.4 Å². The Labute approximate surface area is 116 Å². The predicted octanol–water partition coefficient (Wildman–Crippen LogP) is 4.31. The van der Waals surface area contributed by atoms with E-state index in [4.69, 9.17) is 4.99 Å². The van der Waals surface area contributed by atoms with Crippen molar-refractivity contribution >= 4 is 22.6 Å². The van der Waals surface area contributed by atoms with Gasteiger partial charge in [-0.05, 0) is 17.8 Å². The third-order valence-corrected chi connectivity index (χ3v) is 4.08. The van der Waals surface area contributed by atoms with Gasteiger partial charge in [-0.15, -0.1) is 0 Å². The molecule has 1 rings (SSSR count). The van der Waals surface area contributed by atoms with E-state index < -0.39 is 0 Å². The molecular formula is C15H27N2S+. The van der Waals surface area contributed by atoms with Crippen LogP contribution in [0, 0.1) is 5.92 Å². The van der Waals surface area contributed by atoms with Gasteiger partial charge in [-0.1, -0.05) is 47.1 Å². The van der Waals surface area contributed by atoms with E-state index in [0.29, 0.717) is 5.92 Å². The summed E-state index contributed by atoms with van der Waals surface area (Å²) in [7, 11) is 0. The van der Waals surface area contributed by atoms with Crippen molar-refractivity contribution in [3.8, 4) is 0 Å². The lowest BCUT2D eigenvalue weighted by Gasteiger charge is -2.06. The van der Waals surface area contributed by atoms with Gasteiger partial charge in [0.2, 0.25) is 0 Å². The molecule has 0 aromatic carbocycles. The third-order valence-electron chi connectivity index (χ3n) is 3.10. The minimum atomic E-state index is 0.474. The first-order chi connectivity index (χ1) is 8.60. The van der Waals surface area contributed by atoms with Crippen LogP contribution >= 0.6 is 11.8 Å². The molecule has 0 radical (unpaired) electrons. The summed E-state index contributed by atoms with van der Waals surface area (Å²) in [6, 6.07) is 0. The van der Waals surface area contributed by atoms with Crippen LogP contribution in [-0.2, 0) is 0 Å². The van der Waals surface area contributed by atoms with Crippen molar-refractivity contribution in [1.29, 1.82) is 0 Å². The summed E-state index contributed by atoms with van der Waals surface area (Å²) >= 11 is 1.76. The minimum absolute atomic E-state index is 0.474. The number of nitrogens with zero attached hydrogens (tertiary/aromatic N) is 2. The van der Waals surface area contributed by atoms with Crippen LogP contribution in [0.4, 0.5) is 0 Å². The Morgan fingerprint density at radius 1 is 1.17 bits per heavy atom. The van der Waals surface area contributed by atoms with Crippen molar-refractivity contribution in [2.24, 2.45) is 10.9 Å². The molecule has 0 aromatic rings. The van der Waals surface area contributed by atoms with Gasteiger partial charge in [0.15, 0.2) is 5.71 Å². The first kappa shape index (κ1) is 15.5. The second-order valence-corrected chi connectivity index (χ2v) is 6.22. The molecule has 0 aliphatic carbocycles. The summed E-state index contributed by atoms with van der Waals surface area (Å²) < 4.78 is 2.44. The molecule has 1 aliphatic rings. The maximum atomic E-state index is 4.80. The SMILES string of the molecule is C=C1SC(=[N+](CCCC)CCCC)N=C1C(C)C. The Morgan fingerprint density at radius 2 is 1.72 bits per heavy atom. The molecule has 0 fully saturated rings. The number of allylic oxidation sites excluding steroid dienone is 1. The maximum absolute atomic E-state index is 4.80. The van der Waals surface area contributed by atoms with Gasteiger partial charge in [0.05, 0.1) is 18.0 Å². The topological polar surface area (TPSA) is 15.4 Å². The van der Waals surface area contributed by atoms with Crippen molar-refractivity contribution < 1.29 is 4.58 Å². The molecule has 0 amide bonds. The van der Waals surface area contributed by atoms with E-state index in [-0.39, 0.29) is 0 Å². The van der Waals surface area contributed by atoms with Crippen LogP contribution in [0.3, 0.4) is 0 Å². The number of amidine groups is 1. The van der Waals surface area contributed by atoms with E-state index in [1.807, 2.05) is 0 Å². The number of rotatable bonds is 7. The molecule has 0 unspecified atom stereocenters. The van der Waals surface area contributed by atoms with Crippen molar-refractivity contribution in [3.05, 3.63) is 11.5 Å². The predicted molar refractivity (Wildman–Crippen MR) is 83.8 cm³/mol. The summed E-state index contributed by atoms with van der Waals surface area (Å²) in [6.45, 7) is 15.3. The average Bonchev–Trinajstić information content (AvgIpc) is 2.71. The van der Waals surface area contributed by atoms with Crippen LogP contribution in [0.1, 0.15) is 53.4 Å². The van der Waals surface area contributed by atoms with Gasteiger partial charge < -0.3 is 0 Å². The van der Waals surface area contributed by atoms with E-state index in [9.17, 15) is 0 Å². The molecule has 18 heavy (non-hydrogen) atoms. The number of aliphatic imine (C=N–C) groups is 1. The normalized spacial score (nSPS) is 15.5. The fourth-order valence-corrected chi connectivity index (χ4v) is 3.00. The van der Waals surface area contributed by atoms with Crippen LogP contribution in [0.15, 0.2) is 16.5 Å². The quantitative estimate of drug-likeness (QED) is 0.627. The van der Waals surface area contributed by atoms with Gasteiger partial charge in [-0.3, -0.25) is 4.58 Å². The third kappa shape index (κ3) is 4.27. The average molecular weight is 267 g/mol. The van der Waals surface area contributed by atoms with Gasteiger partial charge >= 0.3 is 5.17 Å². The van der Waals surface area contributed by atoms with E-state index >= 15 is 0 Å². The first-order valence-corrected chi connectivity index (χ1v) is 7.99. The molecule has 102 valence electrons. The monoisotopic (exact) mass is 267 g/mol. The number of hydrogen-bond donors (Lipinski definition) is 0. The Morgan fingerprint density at radius 3 is 2.11 bits per heavy atom. The van der Waals surface area contributed by atoms with E-state index in [1.54, 1.807) is 11.8 Å². The second-order valence-electron chi connectivity index (χ2n) is 5.15. The zero-order valence-electron chi connectivity index (χ0n) is 12.3. The summed E-state index contributed by atoms with van der Waals surface area (Å²) in [6.07, 6.45) is 4.96. The van der Waals surface area contributed by atoms with Gasteiger partial charge in [0.25, 0.3) is 0 Å². The molecule has 1 heterocycles. The van der Waals surface area contributed by atoms with Gasteiger partial charge in [-0.2, -0.15) is 0 Å². The highest BCUT2D eigenvalue weighted by Gasteiger charge is 2.30. The van der Waals surface area contributed by atoms with E-state index in [1.165, 1.54) is 36.6 Å². The lowest BCUT2D eigenvalue weighted by molar-refractivity contribution is -0.527. The highest BCUT2D eigenvalue weighted by Crippen LogP contribution is 2.29. The molecule has 0 spiro atoms. The van der Waals surface area contributed by atoms with Gasteiger partial charge in [0, 0.05) is 17.7 Å². The number of hydrogen-bond acceptors (Lipinski definition) is 1. The summed E-state index contributed by atoms with van der Waals surface area (Å²) in [5.41, 5.74) is 1.17. The lowest BCUT2D eigenvalue weighted by atomic mass is 10.1. The van der Waals surface area contributed by atoms with Crippen LogP contribution < -0.4 is 0 Å². The fraction of sp³-hybridized carbons (Fsp3) is 0.733. The Hall–Kier alpha value is -0.570. The highest BCUT2D eigenvalue weighted by molar-refractivity contribution is 8.18. The summed E-state index contributed by atoms with van der Waals surface area (Å²) in [4.78, 5) is 5.93. The first-order valence-electron chi connectivity index (χ1n) is 7.17. The molecule has 1 aliphatic heterocycles. The lowest BCUT2D eigenvalue weighted by Crippen LogP contribution is -2.20. The molecule has 0 saturated carbocycles. The van der Waals surface area contributed by atoms with Crippen LogP contribution in [0.2, 0.25) is 0 Å². The number of thioether (sulfide) groups is 1. The van der Waals surface area contributed by atoms with Gasteiger partial charge in [-0.25, -0.2) is 0 Å². The van der Waals surface area contributed by atoms with Crippen molar-refractivity contribution in [1.82, 2.24) is 0 Å². The maximum Gasteiger partial charge on any atom is 0.359 e. The zero-order chi connectivity index (χ0) is 13.5. The number of unbranched alkanes of at least 4 members (excludes halogenated alkanes) is 2. The van der Waals surface area contributed by atoms with Crippen LogP contribution in [0.25, 0.3) is 0 Å². The molecular weight excluding hydrogens is 240 g/mol. The van der Waals surface area contributed by atoms with Crippen molar-refractivity contribution in [3.63, 3.8) is 0 Å². The molecule has 0 aromatic heterocycles. The standard InChI is InChI=1S/C15H27N2S/c1-6-8-10-17(11-9-7-2)15-16-14(12(3)4)13(5)18-15/h12H,5-11H2,1-4H3/q+1. The van der Waals surface area contributed by atoms with Crippen LogP contribution in [0.5, 0.6) is 0 Å². The summed E-state index contributed by atoms with van der Waals surface area (Å²) in [5, 5.41) is 1.17. The second kappa shape index (κ2) is 7.78. The fourth-order valence-electron chi connectivity index (χ4n) is 1.94. The van der Waals surface area contributed by atoms with Gasteiger partial charge in [0.1, 0.15) is 0 Å². The Balaban J connectivity index is 2.87. The summed E-state index contributed by atoms with van der Waals surface area (Å²) in [5.74, 6) is 0.474. The van der Waals surface area contributed by atoms with E-state index in [2.05, 4.69) is 38.8 Å². The minimum Gasteiger partial charge on any atom is -0.252 e. The molecule has 0 saturated heterocycles. The molecule has 0 atom stereocenters. The Bertz CT molecular complexity index is 344. The molecule has 2 nitrogen and oxygen atoms in total. The molecule has 3 heteroatoms. The zero-order valence-corrected chi connectivity index (χ0v) is 13.1. The van der Waals surface area contributed by atoms with E-state index in [0.717, 1.165) is 18.0 Å². The van der Waals surface area contributed by atoms with Crippen molar-refractivity contribution in [2.75, 3.05) is 13.1 Å². The highest BCUT2D eigenvalue weighted by atomic mass is 32.2. The molecule has 0 N–H and O–H groups in total. The largest absolute Gasteiger partial charge is 0.359 e. The van der Waals surface area contributed by atoms with Crippen LogP contribution in [-0.4, -0.2) is 28.5 Å². The Kier molecular flexibility index (Phi) is 6.69. The smallest absolute Gasteiger partial charge is 0.252 e. The molecule has 0 bridgehead atoms.